The molecule has 0 saturated heterocycles. The highest BCUT2D eigenvalue weighted by molar-refractivity contribution is 7.78. The van der Waals surface area contributed by atoms with E-state index in [0.717, 1.165) is 41.4 Å². The number of hydrogen-bond donors (Lipinski definition) is 0. The standard InChI is InChI=1S/C22H29N2OP/c1-4-16-23-19(2)20(3)24-17-11-18-26(25,21-12-7-5-8-13-21)22-14-9-6-10-15-22/h5-10,12-15H,4,11,16-18H2,1-3H3. The van der Waals surface area contributed by atoms with Crippen molar-refractivity contribution in [3.63, 3.8) is 0 Å². The van der Waals surface area contributed by atoms with Gasteiger partial charge in [0.2, 0.25) is 0 Å². The molecule has 0 unspecified atom stereocenters. The second kappa shape index (κ2) is 10.2. The van der Waals surface area contributed by atoms with Gasteiger partial charge in [0, 0.05) is 29.9 Å². The summed E-state index contributed by atoms with van der Waals surface area (Å²) >= 11 is 0. The van der Waals surface area contributed by atoms with Crippen LogP contribution in [0.15, 0.2) is 70.6 Å². The average Bonchev–Trinajstić information content (AvgIpc) is 2.70. The van der Waals surface area contributed by atoms with E-state index in [9.17, 15) is 4.57 Å². The molecule has 0 aliphatic carbocycles. The van der Waals surface area contributed by atoms with E-state index in [0.29, 0.717) is 12.7 Å². The van der Waals surface area contributed by atoms with Gasteiger partial charge in [0.15, 0.2) is 0 Å². The van der Waals surface area contributed by atoms with E-state index >= 15 is 0 Å². The number of nitrogens with zero attached hydrogens (tertiary/aromatic N) is 2. The highest BCUT2D eigenvalue weighted by Crippen LogP contribution is 2.43. The smallest absolute Gasteiger partial charge is 0.143 e. The fraction of sp³-hybridized carbons (Fsp3) is 0.364. The molecule has 0 bridgehead atoms. The molecular weight excluding hydrogens is 339 g/mol. The Kier molecular flexibility index (Phi) is 8.00. The Morgan fingerprint density at radius 3 is 1.73 bits per heavy atom. The zero-order valence-electron chi connectivity index (χ0n) is 16.1. The molecular formula is C22H29N2OP. The zero-order chi connectivity index (χ0) is 18.8. The van der Waals surface area contributed by atoms with Crippen LogP contribution in [0.1, 0.15) is 33.6 Å². The summed E-state index contributed by atoms with van der Waals surface area (Å²) in [6.07, 6.45) is 2.46. The summed E-state index contributed by atoms with van der Waals surface area (Å²) in [5, 5.41) is 1.85. The van der Waals surface area contributed by atoms with Gasteiger partial charge in [-0.15, -0.1) is 0 Å². The molecule has 0 aliphatic heterocycles. The van der Waals surface area contributed by atoms with Crippen LogP contribution in [0.2, 0.25) is 0 Å². The minimum absolute atomic E-state index is 0.628. The van der Waals surface area contributed by atoms with Gasteiger partial charge in [-0.3, -0.25) is 9.98 Å². The number of benzene rings is 2. The van der Waals surface area contributed by atoms with Crippen LogP contribution < -0.4 is 10.6 Å². The molecule has 0 radical (unpaired) electrons. The molecule has 4 heteroatoms. The van der Waals surface area contributed by atoms with E-state index < -0.39 is 7.14 Å². The molecule has 0 saturated carbocycles. The fourth-order valence-corrected chi connectivity index (χ4v) is 5.50. The maximum atomic E-state index is 13.9. The van der Waals surface area contributed by atoms with Crippen molar-refractivity contribution in [2.75, 3.05) is 19.3 Å². The topological polar surface area (TPSA) is 41.8 Å². The molecule has 0 amide bonds. The summed E-state index contributed by atoms with van der Waals surface area (Å²) in [5.41, 5.74) is 1.98. The second-order valence-electron chi connectivity index (χ2n) is 6.42. The molecule has 26 heavy (non-hydrogen) atoms. The van der Waals surface area contributed by atoms with Gasteiger partial charge in [-0.1, -0.05) is 67.6 Å². The van der Waals surface area contributed by atoms with E-state index in [4.69, 9.17) is 0 Å². The van der Waals surface area contributed by atoms with Gasteiger partial charge in [-0.2, -0.15) is 0 Å². The first kappa shape index (κ1) is 20.3. The Labute approximate surface area is 157 Å². The van der Waals surface area contributed by atoms with Gasteiger partial charge in [-0.05, 0) is 26.7 Å². The van der Waals surface area contributed by atoms with E-state index in [1.54, 1.807) is 0 Å². The number of hydrogen-bond acceptors (Lipinski definition) is 3. The molecule has 138 valence electrons. The molecule has 0 atom stereocenters. The van der Waals surface area contributed by atoms with Gasteiger partial charge < -0.3 is 4.57 Å². The van der Waals surface area contributed by atoms with Gasteiger partial charge in [0.05, 0.1) is 11.4 Å². The molecule has 0 N–H and O–H groups in total. The third-order valence-electron chi connectivity index (χ3n) is 4.42. The van der Waals surface area contributed by atoms with Gasteiger partial charge in [-0.25, -0.2) is 0 Å². The van der Waals surface area contributed by atoms with Crippen LogP contribution in [-0.4, -0.2) is 30.7 Å². The minimum atomic E-state index is -2.62. The van der Waals surface area contributed by atoms with Crippen LogP contribution >= 0.6 is 7.14 Å². The average molecular weight is 368 g/mol. The first-order valence-corrected chi connectivity index (χ1v) is 11.2. The van der Waals surface area contributed by atoms with Crippen molar-refractivity contribution in [3.8, 4) is 0 Å². The summed E-state index contributed by atoms with van der Waals surface area (Å²) in [5.74, 6) is 0. The normalized spacial score (nSPS) is 13.0. The summed E-state index contributed by atoms with van der Waals surface area (Å²) in [7, 11) is -2.62. The summed E-state index contributed by atoms with van der Waals surface area (Å²) in [6, 6.07) is 19.7. The van der Waals surface area contributed by atoms with Crippen LogP contribution in [-0.2, 0) is 4.57 Å². The third-order valence-corrected chi connectivity index (χ3v) is 7.63. The highest BCUT2D eigenvalue weighted by Gasteiger charge is 2.26. The van der Waals surface area contributed by atoms with E-state index in [2.05, 4.69) is 16.9 Å². The van der Waals surface area contributed by atoms with Crippen LogP contribution in [0.4, 0.5) is 0 Å². The summed E-state index contributed by atoms with van der Waals surface area (Å²) in [4.78, 5) is 9.13. The van der Waals surface area contributed by atoms with E-state index in [1.807, 2.05) is 74.5 Å². The quantitative estimate of drug-likeness (QED) is 0.359. The molecule has 0 spiro atoms. The largest absolute Gasteiger partial charge is 0.314 e. The summed E-state index contributed by atoms with van der Waals surface area (Å²) < 4.78 is 13.9. The van der Waals surface area contributed by atoms with E-state index in [1.165, 1.54) is 0 Å². The SMILES string of the molecule is CCCN=C(C)C(C)=NCCCP(=O)(c1ccccc1)c1ccccc1. The molecule has 3 nitrogen and oxygen atoms in total. The third kappa shape index (κ3) is 5.51. The first-order chi connectivity index (χ1) is 12.6. The monoisotopic (exact) mass is 368 g/mol. The van der Waals surface area contributed by atoms with Gasteiger partial charge in [0.25, 0.3) is 0 Å². The Bertz CT molecular complexity index is 739. The van der Waals surface area contributed by atoms with Crippen molar-refractivity contribution in [3.05, 3.63) is 60.7 Å². The predicted molar refractivity (Wildman–Crippen MR) is 115 cm³/mol. The van der Waals surface area contributed by atoms with Gasteiger partial charge in [0.1, 0.15) is 7.14 Å². The second-order valence-corrected chi connectivity index (χ2v) is 9.38. The summed E-state index contributed by atoms with van der Waals surface area (Å²) in [6.45, 7) is 7.65. The molecule has 0 aromatic heterocycles. The van der Waals surface area contributed by atoms with E-state index in [-0.39, 0.29) is 0 Å². The Morgan fingerprint density at radius 1 is 0.808 bits per heavy atom. The fourth-order valence-electron chi connectivity index (χ4n) is 2.79. The lowest BCUT2D eigenvalue weighted by molar-refractivity contribution is 0.585. The van der Waals surface area contributed by atoms with Crippen LogP contribution in [0.5, 0.6) is 0 Å². The lowest BCUT2D eigenvalue weighted by Crippen LogP contribution is -2.19. The Balaban J connectivity index is 2.11. The lowest BCUT2D eigenvalue weighted by Gasteiger charge is -2.19. The van der Waals surface area contributed by atoms with Crippen molar-refractivity contribution in [2.45, 2.75) is 33.6 Å². The molecule has 2 rings (SSSR count). The Hall–Kier alpha value is -1.99. The molecule has 0 aliphatic rings. The van der Waals surface area contributed by atoms with Crippen LogP contribution in [0, 0.1) is 0 Å². The first-order valence-electron chi connectivity index (χ1n) is 9.30. The zero-order valence-corrected chi connectivity index (χ0v) is 17.0. The maximum absolute atomic E-state index is 13.9. The van der Waals surface area contributed by atoms with Crippen molar-refractivity contribution in [2.24, 2.45) is 9.98 Å². The van der Waals surface area contributed by atoms with Crippen molar-refractivity contribution in [1.29, 1.82) is 0 Å². The van der Waals surface area contributed by atoms with Crippen molar-refractivity contribution < 1.29 is 4.57 Å². The van der Waals surface area contributed by atoms with Crippen LogP contribution in [0.25, 0.3) is 0 Å². The molecule has 0 fully saturated rings. The van der Waals surface area contributed by atoms with Crippen molar-refractivity contribution in [1.82, 2.24) is 0 Å². The van der Waals surface area contributed by atoms with Gasteiger partial charge >= 0.3 is 0 Å². The molecule has 0 heterocycles. The molecule has 2 aromatic carbocycles. The number of aliphatic imine (C=N–C) groups is 2. The number of rotatable bonds is 9. The maximum Gasteiger partial charge on any atom is 0.143 e. The highest BCUT2D eigenvalue weighted by atomic mass is 31.2. The molecule has 2 aromatic rings. The minimum Gasteiger partial charge on any atom is -0.314 e. The lowest BCUT2D eigenvalue weighted by atomic mass is 10.3. The van der Waals surface area contributed by atoms with Crippen LogP contribution in [0.3, 0.4) is 0 Å². The predicted octanol–water partition coefficient (Wildman–Crippen LogP) is 4.72. The van der Waals surface area contributed by atoms with Crippen molar-refractivity contribution >= 4 is 29.2 Å². The Morgan fingerprint density at radius 2 is 1.27 bits per heavy atom.